The molecule has 0 saturated heterocycles. The summed E-state index contributed by atoms with van der Waals surface area (Å²) in [6.45, 7) is 10.2. The van der Waals surface area contributed by atoms with E-state index in [-0.39, 0.29) is 18.3 Å². The predicted molar refractivity (Wildman–Crippen MR) is 130 cm³/mol. The van der Waals surface area contributed by atoms with E-state index >= 15 is 0 Å². The van der Waals surface area contributed by atoms with E-state index in [1.165, 1.54) is 23.8 Å². The molecule has 32 heavy (non-hydrogen) atoms. The fourth-order valence-electron chi connectivity index (χ4n) is 3.27. The molecule has 184 valence electrons. The van der Waals surface area contributed by atoms with E-state index in [0.717, 1.165) is 32.1 Å². The second-order valence-corrected chi connectivity index (χ2v) is 7.39. The van der Waals surface area contributed by atoms with Crippen LogP contribution in [-0.4, -0.2) is 46.2 Å². The van der Waals surface area contributed by atoms with Gasteiger partial charge in [0.05, 0.1) is 5.52 Å². The van der Waals surface area contributed by atoms with Crippen LogP contribution in [0.1, 0.15) is 85.1 Å². The molecule has 2 heterocycles. The second-order valence-electron chi connectivity index (χ2n) is 7.39. The number of carbonyl (C=O) groups is 2. The lowest BCUT2D eigenvalue weighted by molar-refractivity contribution is -0.137. The number of carboxylic acids is 1. The molecule has 2 aromatic rings. The number of imidazole rings is 1. The van der Waals surface area contributed by atoms with E-state index in [1.54, 1.807) is 37.1 Å². The maximum absolute atomic E-state index is 12.9. The molecule has 0 spiro atoms. The highest BCUT2D eigenvalue weighted by Gasteiger charge is 2.21. The number of ether oxygens (including phenoxy) is 1. The zero-order chi connectivity index (χ0) is 24.9. The third kappa shape index (κ3) is 11.2. The molecule has 8 nitrogen and oxygen atoms in total. The number of methoxy groups -OCH3 is 1. The highest BCUT2D eigenvalue weighted by molar-refractivity contribution is 5.75. The zero-order valence-electron chi connectivity index (χ0n) is 20.8. The van der Waals surface area contributed by atoms with E-state index < -0.39 is 5.97 Å². The summed E-state index contributed by atoms with van der Waals surface area (Å²) in [6.07, 6.45) is 10.3. The van der Waals surface area contributed by atoms with E-state index in [4.69, 9.17) is 9.90 Å². The van der Waals surface area contributed by atoms with Crippen LogP contribution in [0.15, 0.2) is 23.1 Å². The highest BCUT2D eigenvalue weighted by atomic mass is 16.4. The molecule has 2 rings (SSSR count). The Morgan fingerprint density at radius 2 is 1.69 bits per heavy atom. The maximum atomic E-state index is 12.9. The first kappa shape index (κ1) is 31.7. The quantitative estimate of drug-likeness (QED) is 0.503. The molecular formula is C24H43N3O5. The van der Waals surface area contributed by atoms with Gasteiger partial charge >= 0.3 is 11.7 Å². The Hall–Kier alpha value is -2.48. The molecule has 1 N–H and O–H groups in total. The molecule has 0 saturated carbocycles. The van der Waals surface area contributed by atoms with Gasteiger partial charge < -0.3 is 14.6 Å². The van der Waals surface area contributed by atoms with E-state index in [1.807, 2.05) is 6.79 Å². The number of hydrogen-bond donors (Lipinski definition) is 1. The number of carbonyl (C=O) groups excluding carboxylic acids is 1. The van der Waals surface area contributed by atoms with Crippen molar-refractivity contribution in [2.24, 2.45) is 0 Å². The summed E-state index contributed by atoms with van der Waals surface area (Å²) in [4.78, 5) is 36.3. The van der Waals surface area contributed by atoms with Crippen LogP contribution in [0.3, 0.4) is 0 Å². The van der Waals surface area contributed by atoms with Gasteiger partial charge in [-0.05, 0) is 25.0 Å². The number of carboxylic acid groups (broad SMARTS) is 1. The van der Waals surface area contributed by atoms with Crippen LogP contribution in [-0.2, 0) is 20.9 Å². The fraction of sp³-hybridized carbons (Fsp3) is 0.667. The van der Waals surface area contributed by atoms with Crippen LogP contribution in [0, 0.1) is 0 Å². The van der Waals surface area contributed by atoms with Crippen molar-refractivity contribution in [2.45, 2.75) is 91.6 Å². The SMILES string of the molecule is C=O.CCC.CCCCCCC(CCC)n1c(=O)n(CC(=O)O)c2cccnc21.COC. The Morgan fingerprint density at radius 3 is 2.19 bits per heavy atom. The Kier molecular flexibility index (Phi) is 20.2. The first-order chi connectivity index (χ1) is 15.4. The van der Waals surface area contributed by atoms with Crippen molar-refractivity contribution in [1.82, 2.24) is 14.1 Å². The normalized spacial score (nSPS) is 10.7. The molecule has 0 amide bonds. The first-order valence-electron chi connectivity index (χ1n) is 11.4. The summed E-state index contributed by atoms with van der Waals surface area (Å²) < 4.78 is 7.28. The lowest BCUT2D eigenvalue weighted by atomic mass is 10.0. The number of rotatable bonds is 10. The molecule has 0 fully saturated rings. The Labute approximate surface area is 192 Å². The minimum Gasteiger partial charge on any atom is -0.480 e. The maximum Gasteiger partial charge on any atom is 0.331 e. The predicted octanol–water partition coefficient (Wildman–Crippen LogP) is 5.09. The van der Waals surface area contributed by atoms with Crippen molar-refractivity contribution < 1.29 is 19.4 Å². The van der Waals surface area contributed by atoms with Gasteiger partial charge in [0.2, 0.25) is 0 Å². The molecule has 1 unspecified atom stereocenters. The Morgan fingerprint density at radius 1 is 1.09 bits per heavy atom. The van der Waals surface area contributed by atoms with E-state index in [0.29, 0.717) is 11.2 Å². The summed E-state index contributed by atoms with van der Waals surface area (Å²) in [5.74, 6) is -1.02. The van der Waals surface area contributed by atoms with Crippen molar-refractivity contribution >= 4 is 23.9 Å². The number of aromatic nitrogens is 3. The summed E-state index contributed by atoms with van der Waals surface area (Å²) in [5.41, 5.74) is 0.928. The van der Waals surface area contributed by atoms with Gasteiger partial charge in [-0.15, -0.1) is 0 Å². The number of pyridine rings is 1. The van der Waals surface area contributed by atoms with Crippen LogP contribution in [0.25, 0.3) is 11.2 Å². The molecule has 0 radical (unpaired) electrons. The van der Waals surface area contributed by atoms with Crippen LogP contribution in [0.5, 0.6) is 0 Å². The largest absolute Gasteiger partial charge is 0.480 e. The summed E-state index contributed by atoms with van der Waals surface area (Å²) in [6, 6.07) is 3.58. The molecule has 0 aliphatic heterocycles. The number of aliphatic carboxylic acids is 1. The van der Waals surface area contributed by atoms with Crippen LogP contribution < -0.4 is 5.69 Å². The average Bonchev–Trinajstić information content (AvgIpc) is 3.04. The van der Waals surface area contributed by atoms with E-state index in [2.05, 4.69) is 37.4 Å². The number of nitrogens with zero attached hydrogens (tertiary/aromatic N) is 3. The topological polar surface area (TPSA) is 103 Å². The minimum atomic E-state index is -1.02. The zero-order valence-corrected chi connectivity index (χ0v) is 20.8. The Balaban J connectivity index is 0. The van der Waals surface area contributed by atoms with Crippen molar-refractivity contribution in [1.29, 1.82) is 0 Å². The molecule has 8 heteroatoms. The first-order valence-corrected chi connectivity index (χ1v) is 11.4. The van der Waals surface area contributed by atoms with E-state index in [9.17, 15) is 9.59 Å². The molecule has 2 aromatic heterocycles. The van der Waals surface area contributed by atoms with Crippen LogP contribution >= 0.6 is 0 Å². The van der Waals surface area contributed by atoms with Gasteiger partial charge in [-0.3, -0.25) is 13.9 Å². The average molecular weight is 454 g/mol. The van der Waals surface area contributed by atoms with Crippen molar-refractivity contribution in [3.63, 3.8) is 0 Å². The molecule has 1 atom stereocenters. The van der Waals surface area contributed by atoms with Crippen LogP contribution in [0.4, 0.5) is 0 Å². The van der Waals surface area contributed by atoms with Crippen molar-refractivity contribution in [3.05, 3.63) is 28.8 Å². The minimum absolute atomic E-state index is 0.0757. The van der Waals surface area contributed by atoms with Crippen molar-refractivity contribution in [3.8, 4) is 0 Å². The third-order valence-corrected chi connectivity index (χ3v) is 4.39. The van der Waals surface area contributed by atoms with Gasteiger partial charge in [-0.2, -0.15) is 0 Å². The van der Waals surface area contributed by atoms with Crippen molar-refractivity contribution in [2.75, 3.05) is 14.2 Å². The van der Waals surface area contributed by atoms with Gasteiger partial charge in [0.1, 0.15) is 13.3 Å². The highest BCUT2D eigenvalue weighted by Crippen LogP contribution is 2.24. The number of unbranched alkanes of at least 4 members (excludes halogenated alkanes) is 3. The molecule has 0 aliphatic carbocycles. The van der Waals surface area contributed by atoms with Crippen LogP contribution in [0.2, 0.25) is 0 Å². The smallest absolute Gasteiger partial charge is 0.331 e. The number of hydrogen-bond acceptors (Lipinski definition) is 5. The monoisotopic (exact) mass is 453 g/mol. The van der Waals surface area contributed by atoms with Gasteiger partial charge in [-0.25, -0.2) is 9.78 Å². The molecule has 0 aliphatic rings. The summed E-state index contributed by atoms with van der Waals surface area (Å²) in [7, 11) is 3.25. The standard InChI is InChI=1S/C18H27N3O3.C3H8.C2H6O.CH2O/c1-3-5-6-7-10-14(9-4-2)21-17-15(11-8-12-19-17)20(18(21)24)13-16(22)23;2*1-3-2;1-2/h8,11-12,14H,3-7,9-10,13H2,1-2H3,(H,22,23);3H2,1-2H3;1-2H3;1H2. The molecular weight excluding hydrogens is 410 g/mol. The second kappa shape index (κ2) is 20.4. The lowest BCUT2D eigenvalue weighted by Gasteiger charge is -2.17. The van der Waals surface area contributed by atoms with Gasteiger partial charge in [0.15, 0.2) is 5.65 Å². The van der Waals surface area contributed by atoms with Gasteiger partial charge in [-0.1, -0.05) is 66.2 Å². The number of fused-ring (bicyclic) bond motifs is 1. The fourth-order valence-corrected chi connectivity index (χ4v) is 3.27. The Bertz CT molecular complexity index is 784. The summed E-state index contributed by atoms with van der Waals surface area (Å²) in [5, 5.41) is 9.11. The van der Waals surface area contributed by atoms with Gasteiger partial charge in [0, 0.05) is 26.5 Å². The lowest BCUT2D eigenvalue weighted by Crippen LogP contribution is -2.29. The molecule has 0 aromatic carbocycles. The summed E-state index contributed by atoms with van der Waals surface area (Å²) >= 11 is 0. The van der Waals surface area contributed by atoms with Gasteiger partial charge in [0.25, 0.3) is 0 Å². The third-order valence-electron chi connectivity index (χ3n) is 4.39. The molecule has 0 bridgehead atoms.